The van der Waals surface area contributed by atoms with Gasteiger partial charge in [0.15, 0.2) is 5.78 Å². The van der Waals surface area contributed by atoms with Crippen LogP contribution in [0, 0.1) is 0 Å². The summed E-state index contributed by atoms with van der Waals surface area (Å²) < 4.78 is 11.0. The molecule has 1 aromatic heterocycles. The number of carbonyl (C=O) groups excluding carboxylic acids is 2. The maximum Gasteiger partial charge on any atom is 0.261 e. The van der Waals surface area contributed by atoms with Gasteiger partial charge in [-0.15, -0.1) is 11.3 Å². The van der Waals surface area contributed by atoms with Crippen molar-refractivity contribution in [3.8, 4) is 0 Å². The number of hydrogen-bond donors (Lipinski definition) is 1. The molecule has 0 radical (unpaired) electrons. The van der Waals surface area contributed by atoms with Gasteiger partial charge in [-0.3, -0.25) is 9.59 Å². The van der Waals surface area contributed by atoms with Crippen LogP contribution in [-0.4, -0.2) is 44.2 Å². The van der Waals surface area contributed by atoms with Gasteiger partial charge in [-0.1, -0.05) is 0 Å². The van der Waals surface area contributed by atoms with Crippen molar-refractivity contribution in [1.82, 2.24) is 5.32 Å². The first-order valence-corrected chi connectivity index (χ1v) is 8.07. The fraction of sp³-hybridized carbons (Fsp3) is 0.600. The van der Waals surface area contributed by atoms with E-state index >= 15 is 0 Å². The number of rotatable bonds is 8. The van der Waals surface area contributed by atoms with Crippen LogP contribution in [-0.2, 0) is 9.47 Å². The average Bonchev–Trinajstić information content (AvgIpc) is 3.13. The number of ketones is 1. The maximum absolute atomic E-state index is 11.8. The lowest BCUT2D eigenvalue weighted by Gasteiger charge is -2.10. The van der Waals surface area contributed by atoms with Gasteiger partial charge in [0.1, 0.15) is 0 Å². The van der Waals surface area contributed by atoms with Gasteiger partial charge in [0, 0.05) is 19.8 Å². The number of hydrogen-bond acceptors (Lipinski definition) is 5. The Labute approximate surface area is 128 Å². The normalized spacial score (nSPS) is 17.9. The summed E-state index contributed by atoms with van der Waals surface area (Å²) in [5.41, 5.74) is 0. The van der Waals surface area contributed by atoms with Crippen molar-refractivity contribution in [1.29, 1.82) is 0 Å². The summed E-state index contributed by atoms with van der Waals surface area (Å²) in [6.07, 6.45) is 3.21. The van der Waals surface area contributed by atoms with Gasteiger partial charge in [-0.2, -0.15) is 0 Å². The molecule has 1 N–H and O–H groups in total. The number of carbonyl (C=O) groups is 2. The zero-order chi connectivity index (χ0) is 15.1. The van der Waals surface area contributed by atoms with E-state index in [2.05, 4.69) is 5.32 Å². The molecule has 1 saturated heterocycles. The predicted molar refractivity (Wildman–Crippen MR) is 81.1 cm³/mol. The molecule has 1 fully saturated rings. The molecule has 2 heterocycles. The maximum atomic E-state index is 11.8. The minimum atomic E-state index is -0.133. The van der Waals surface area contributed by atoms with Gasteiger partial charge in [-0.25, -0.2) is 0 Å². The van der Waals surface area contributed by atoms with Gasteiger partial charge in [0.2, 0.25) is 0 Å². The Kier molecular flexibility index (Phi) is 6.35. The summed E-state index contributed by atoms with van der Waals surface area (Å²) >= 11 is 1.22. The smallest absolute Gasteiger partial charge is 0.261 e. The predicted octanol–water partition coefficient (Wildman–Crippen LogP) is 2.27. The van der Waals surface area contributed by atoms with Gasteiger partial charge >= 0.3 is 0 Å². The molecule has 0 bridgehead atoms. The molecule has 1 atom stereocenters. The van der Waals surface area contributed by atoms with Crippen LogP contribution in [0.15, 0.2) is 12.1 Å². The molecule has 116 valence electrons. The molecule has 1 aromatic rings. The van der Waals surface area contributed by atoms with Crippen molar-refractivity contribution in [2.45, 2.75) is 32.3 Å². The second-order valence-electron chi connectivity index (χ2n) is 5.04. The highest BCUT2D eigenvalue weighted by molar-refractivity contribution is 7.15. The Morgan fingerprint density at radius 1 is 1.43 bits per heavy atom. The topological polar surface area (TPSA) is 64.6 Å². The van der Waals surface area contributed by atoms with E-state index in [4.69, 9.17) is 9.47 Å². The lowest BCUT2D eigenvalue weighted by molar-refractivity contribution is 0.0166. The van der Waals surface area contributed by atoms with Crippen LogP contribution in [0.25, 0.3) is 0 Å². The van der Waals surface area contributed by atoms with Crippen molar-refractivity contribution < 1.29 is 19.1 Å². The van der Waals surface area contributed by atoms with Crippen molar-refractivity contribution in [2.24, 2.45) is 0 Å². The highest BCUT2D eigenvalue weighted by Gasteiger charge is 2.15. The summed E-state index contributed by atoms with van der Waals surface area (Å²) in [5.74, 6) is -0.145. The second-order valence-corrected chi connectivity index (χ2v) is 6.12. The van der Waals surface area contributed by atoms with Crippen molar-refractivity contribution in [3.05, 3.63) is 21.9 Å². The first kappa shape index (κ1) is 16.1. The van der Waals surface area contributed by atoms with E-state index in [0.717, 1.165) is 25.9 Å². The molecule has 0 aliphatic carbocycles. The number of thiophene rings is 1. The second kappa shape index (κ2) is 8.26. The third-order valence-corrected chi connectivity index (χ3v) is 4.44. The van der Waals surface area contributed by atoms with E-state index in [1.54, 1.807) is 12.1 Å². The summed E-state index contributed by atoms with van der Waals surface area (Å²) in [6, 6.07) is 3.37. The number of ether oxygens (including phenoxy) is 2. The Hall–Kier alpha value is -1.24. The van der Waals surface area contributed by atoms with E-state index < -0.39 is 0 Å². The van der Waals surface area contributed by atoms with Crippen LogP contribution >= 0.6 is 11.3 Å². The molecular formula is C15H21NO4S. The number of amides is 1. The van der Waals surface area contributed by atoms with Crippen LogP contribution in [0.4, 0.5) is 0 Å². The molecule has 0 saturated carbocycles. The largest absolute Gasteiger partial charge is 0.379 e. The van der Waals surface area contributed by atoms with Crippen molar-refractivity contribution >= 4 is 23.0 Å². The van der Waals surface area contributed by atoms with Gasteiger partial charge in [0.25, 0.3) is 5.91 Å². The van der Waals surface area contributed by atoms with Gasteiger partial charge < -0.3 is 14.8 Å². The zero-order valence-corrected chi connectivity index (χ0v) is 13.0. The lowest BCUT2D eigenvalue weighted by atomic mass is 10.2. The molecule has 0 spiro atoms. The Morgan fingerprint density at radius 2 is 2.24 bits per heavy atom. The minimum absolute atomic E-state index is 0.0124. The van der Waals surface area contributed by atoms with Crippen LogP contribution in [0.5, 0.6) is 0 Å². The molecule has 21 heavy (non-hydrogen) atoms. The minimum Gasteiger partial charge on any atom is -0.379 e. The standard InChI is InChI=1S/C15H21NO4S/c1-11(17)13-5-6-14(21-13)15(18)16-7-3-8-19-10-12-4-2-9-20-12/h5-6,12H,2-4,7-10H2,1H3,(H,16,18)/t12-/m1/s1. The number of nitrogens with one attached hydrogen (secondary N) is 1. The molecule has 0 unspecified atom stereocenters. The van der Waals surface area contributed by atoms with E-state index in [9.17, 15) is 9.59 Å². The third kappa shape index (κ3) is 5.22. The highest BCUT2D eigenvalue weighted by atomic mass is 32.1. The molecule has 1 aliphatic rings. The first-order chi connectivity index (χ1) is 10.2. The summed E-state index contributed by atoms with van der Waals surface area (Å²) in [5, 5.41) is 2.83. The monoisotopic (exact) mass is 311 g/mol. The van der Waals surface area contributed by atoms with E-state index in [-0.39, 0.29) is 17.8 Å². The van der Waals surface area contributed by atoms with Gasteiger partial charge in [-0.05, 0) is 38.3 Å². The van der Waals surface area contributed by atoms with Gasteiger partial charge in [0.05, 0.1) is 22.5 Å². The van der Waals surface area contributed by atoms with Crippen molar-refractivity contribution in [2.75, 3.05) is 26.4 Å². The summed E-state index contributed by atoms with van der Waals surface area (Å²) in [4.78, 5) is 24.2. The SMILES string of the molecule is CC(=O)c1ccc(C(=O)NCCCOC[C@H]2CCCO2)s1. The van der Waals surface area contributed by atoms with E-state index in [1.165, 1.54) is 18.3 Å². The molecule has 6 heteroatoms. The Bertz CT molecular complexity index is 480. The Morgan fingerprint density at radius 3 is 2.90 bits per heavy atom. The third-order valence-electron chi connectivity index (χ3n) is 3.26. The highest BCUT2D eigenvalue weighted by Crippen LogP contribution is 2.16. The van der Waals surface area contributed by atoms with Crippen molar-refractivity contribution in [3.63, 3.8) is 0 Å². The fourth-order valence-electron chi connectivity index (χ4n) is 2.10. The number of Topliss-reactive ketones (excluding diaryl/α,β-unsaturated/α-hetero) is 1. The van der Waals surface area contributed by atoms with Crippen LogP contribution < -0.4 is 5.32 Å². The zero-order valence-electron chi connectivity index (χ0n) is 12.2. The van der Waals surface area contributed by atoms with E-state index in [0.29, 0.717) is 29.5 Å². The van der Waals surface area contributed by atoms with E-state index in [1.807, 2.05) is 0 Å². The van der Waals surface area contributed by atoms with Crippen LogP contribution in [0.2, 0.25) is 0 Å². The van der Waals surface area contributed by atoms with Crippen LogP contribution in [0.1, 0.15) is 45.5 Å². The summed E-state index contributed by atoms with van der Waals surface area (Å²) in [6.45, 7) is 4.16. The first-order valence-electron chi connectivity index (χ1n) is 7.25. The quantitative estimate of drug-likeness (QED) is 0.591. The molecule has 2 rings (SSSR count). The van der Waals surface area contributed by atoms with Crippen LogP contribution in [0.3, 0.4) is 0 Å². The molecule has 1 amide bonds. The molecule has 0 aromatic carbocycles. The molecule has 1 aliphatic heterocycles. The fourth-order valence-corrected chi connectivity index (χ4v) is 2.92. The molecular weight excluding hydrogens is 290 g/mol. The lowest BCUT2D eigenvalue weighted by Crippen LogP contribution is -2.25. The summed E-state index contributed by atoms with van der Waals surface area (Å²) in [7, 11) is 0. The molecule has 5 nitrogen and oxygen atoms in total. The Balaban J connectivity index is 1.57. The average molecular weight is 311 g/mol.